The molecule has 1 heterocycles. The van der Waals surface area contributed by atoms with Crippen LogP contribution in [-0.2, 0) is 5.41 Å². The van der Waals surface area contributed by atoms with Gasteiger partial charge in [-0.3, -0.25) is 0 Å². The van der Waals surface area contributed by atoms with E-state index in [2.05, 4.69) is 43.1 Å². The van der Waals surface area contributed by atoms with E-state index in [0.717, 1.165) is 17.9 Å². The van der Waals surface area contributed by atoms with E-state index < -0.39 is 0 Å². The van der Waals surface area contributed by atoms with Crippen molar-refractivity contribution in [3.63, 3.8) is 0 Å². The molecule has 5 aliphatic rings. The van der Waals surface area contributed by atoms with Gasteiger partial charge in [-0.2, -0.15) is 0 Å². The summed E-state index contributed by atoms with van der Waals surface area (Å²) in [6.45, 7) is 3.56. The highest BCUT2D eigenvalue weighted by Crippen LogP contribution is 2.67. The lowest BCUT2D eigenvalue weighted by Gasteiger charge is -2.66. The first-order chi connectivity index (χ1) is 11.6. The second kappa shape index (κ2) is 5.34. The van der Waals surface area contributed by atoms with Crippen LogP contribution in [0, 0.1) is 24.2 Å². The Hall–Kier alpha value is -0.820. The van der Waals surface area contributed by atoms with Gasteiger partial charge in [-0.1, -0.05) is 36.2 Å². The van der Waals surface area contributed by atoms with Crippen LogP contribution in [-0.4, -0.2) is 24.5 Å². The molecule has 5 fully saturated rings. The standard InChI is InChI=1S/C23H33N/c1-17-6-8-20(9-7-17)22-12-18-11-19(13-22)15-23(14-18,16-22)21-5-3-4-10-24(21)2/h6-9,18-19,21H,3-5,10-16H2,1-2H3. The summed E-state index contributed by atoms with van der Waals surface area (Å²) in [5.41, 5.74) is 4.22. The number of nitrogens with zero attached hydrogens (tertiary/aromatic N) is 1. The molecule has 1 aromatic rings. The molecule has 4 saturated carbocycles. The van der Waals surface area contributed by atoms with Crippen LogP contribution in [0.1, 0.15) is 68.9 Å². The molecular formula is C23H33N. The van der Waals surface area contributed by atoms with Crippen LogP contribution < -0.4 is 0 Å². The smallest absolute Gasteiger partial charge is 0.0149 e. The first kappa shape index (κ1) is 15.4. The lowest BCUT2D eigenvalue weighted by molar-refractivity contribution is -0.118. The predicted molar refractivity (Wildman–Crippen MR) is 100 cm³/mol. The van der Waals surface area contributed by atoms with Crippen molar-refractivity contribution in [1.29, 1.82) is 0 Å². The number of likely N-dealkylation sites (tertiary alicyclic amines) is 1. The second-order valence-electron chi connectivity index (χ2n) is 9.96. The van der Waals surface area contributed by atoms with Crippen LogP contribution in [0.5, 0.6) is 0 Å². The molecule has 1 saturated heterocycles. The topological polar surface area (TPSA) is 3.24 Å². The van der Waals surface area contributed by atoms with E-state index in [1.165, 1.54) is 69.9 Å². The summed E-state index contributed by atoms with van der Waals surface area (Å²) in [7, 11) is 2.42. The molecule has 3 atom stereocenters. The van der Waals surface area contributed by atoms with Crippen LogP contribution in [0.3, 0.4) is 0 Å². The number of hydrogen-bond acceptors (Lipinski definition) is 1. The molecule has 0 spiro atoms. The maximum absolute atomic E-state index is 2.75. The monoisotopic (exact) mass is 323 g/mol. The van der Waals surface area contributed by atoms with E-state index in [4.69, 9.17) is 0 Å². The van der Waals surface area contributed by atoms with Gasteiger partial charge in [0.1, 0.15) is 0 Å². The number of piperidine rings is 1. The van der Waals surface area contributed by atoms with Gasteiger partial charge in [0, 0.05) is 6.04 Å². The number of rotatable bonds is 2. The third-order valence-corrected chi connectivity index (χ3v) is 8.25. The third-order valence-electron chi connectivity index (χ3n) is 8.25. The van der Waals surface area contributed by atoms with Crippen molar-refractivity contribution in [1.82, 2.24) is 4.90 Å². The molecule has 0 amide bonds. The molecule has 1 nitrogen and oxygen atoms in total. The third kappa shape index (κ3) is 2.23. The highest BCUT2D eigenvalue weighted by molar-refractivity contribution is 5.33. The molecular weight excluding hydrogens is 290 g/mol. The molecule has 0 radical (unpaired) electrons. The lowest BCUT2D eigenvalue weighted by atomic mass is 9.41. The largest absolute Gasteiger partial charge is 0.303 e. The van der Waals surface area contributed by atoms with Crippen molar-refractivity contribution in [2.45, 2.75) is 76.2 Å². The summed E-state index contributed by atoms with van der Waals surface area (Å²) in [5, 5.41) is 0. The van der Waals surface area contributed by atoms with Crippen LogP contribution in [0.15, 0.2) is 24.3 Å². The number of hydrogen-bond donors (Lipinski definition) is 0. The number of benzene rings is 1. The molecule has 24 heavy (non-hydrogen) atoms. The Labute approximate surface area is 147 Å². The first-order valence-electron chi connectivity index (χ1n) is 10.4. The van der Waals surface area contributed by atoms with Crippen molar-refractivity contribution < 1.29 is 0 Å². The highest BCUT2D eigenvalue weighted by Gasteiger charge is 2.60. The van der Waals surface area contributed by atoms with E-state index >= 15 is 0 Å². The van der Waals surface area contributed by atoms with E-state index in [9.17, 15) is 0 Å². The van der Waals surface area contributed by atoms with Gasteiger partial charge in [-0.15, -0.1) is 0 Å². The first-order valence-corrected chi connectivity index (χ1v) is 10.4. The fourth-order valence-electron chi connectivity index (χ4n) is 7.82. The molecule has 4 bridgehead atoms. The summed E-state index contributed by atoms with van der Waals surface area (Å²) in [5.74, 6) is 2.01. The quantitative estimate of drug-likeness (QED) is 0.712. The molecule has 0 aromatic heterocycles. The average molecular weight is 324 g/mol. The van der Waals surface area contributed by atoms with Crippen molar-refractivity contribution in [3.05, 3.63) is 35.4 Å². The Morgan fingerprint density at radius 1 is 0.958 bits per heavy atom. The van der Waals surface area contributed by atoms with E-state index in [-0.39, 0.29) is 0 Å². The lowest BCUT2D eigenvalue weighted by Crippen LogP contribution is -2.61. The van der Waals surface area contributed by atoms with Crippen LogP contribution in [0.4, 0.5) is 0 Å². The predicted octanol–water partition coefficient (Wildman–Crippen LogP) is 5.32. The Morgan fingerprint density at radius 3 is 2.33 bits per heavy atom. The zero-order chi connectivity index (χ0) is 16.4. The minimum Gasteiger partial charge on any atom is -0.303 e. The van der Waals surface area contributed by atoms with Gasteiger partial charge in [-0.25, -0.2) is 0 Å². The Morgan fingerprint density at radius 2 is 1.67 bits per heavy atom. The molecule has 3 unspecified atom stereocenters. The number of aryl methyl sites for hydroxylation is 1. The summed E-state index contributed by atoms with van der Waals surface area (Å²) in [6, 6.07) is 10.5. The Balaban J connectivity index is 1.54. The zero-order valence-corrected chi connectivity index (χ0v) is 15.6. The van der Waals surface area contributed by atoms with Gasteiger partial charge >= 0.3 is 0 Å². The van der Waals surface area contributed by atoms with Crippen LogP contribution in [0.25, 0.3) is 0 Å². The second-order valence-corrected chi connectivity index (χ2v) is 9.96. The zero-order valence-electron chi connectivity index (χ0n) is 15.6. The minimum atomic E-state index is 0.510. The molecule has 1 heteroatoms. The molecule has 4 aliphatic carbocycles. The van der Waals surface area contributed by atoms with Gasteiger partial charge < -0.3 is 4.90 Å². The van der Waals surface area contributed by atoms with Crippen molar-refractivity contribution in [3.8, 4) is 0 Å². The van der Waals surface area contributed by atoms with Gasteiger partial charge in [0.25, 0.3) is 0 Å². The highest BCUT2D eigenvalue weighted by atomic mass is 15.1. The minimum absolute atomic E-state index is 0.510. The van der Waals surface area contributed by atoms with Crippen LogP contribution in [0.2, 0.25) is 0 Å². The maximum atomic E-state index is 2.75. The van der Waals surface area contributed by atoms with Gasteiger partial charge in [0.05, 0.1) is 0 Å². The fraction of sp³-hybridized carbons (Fsp3) is 0.739. The average Bonchev–Trinajstić information content (AvgIpc) is 2.54. The van der Waals surface area contributed by atoms with Gasteiger partial charge in [-0.05, 0) is 100 Å². The maximum Gasteiger partial charge on any atom is 0.0149 e. The SMILES string of the molecule is Cc1ccc(C23CC4CC(C2)CC(C2CCCCN2C)(C4)C3)cc1. The van der Waals surface area contributed by atoms with Gasteiger partial charge in [0.15, 0.2) is 0 Å². The van der Waals surface area contributed by atoms with E-state index in [1.54, 1.807) is 5.56 Å². The molecule has 1 aliphatic heterocycles. The van der Waals surface area contributed by atoms with E-state index in [1.807, 2.05) is 0 Å². The summed E-state index contributed by atoms with van der Waals surface area (Å²) in [4.78, 5) is 2.75. The molecule has 130 valence electrons. The molecule has 1 aromatic carbocycles. The van der Waals surface area contributed by atoms with Gasteiger partial charge in [0.2, 0.25) is 0 Å². The van der Waals surface area contributed by atoms with Crippen molar-refractivity contribution in [2.75, 3.05) is 13.6 Å². The normalized spacial score (nSPS) is 44.8. The van der Waals surface area contributed by atoms with Crippen LogP contribution >= 0.6 is 0 Å². The molecule has 6 rings (SSSR count). The summed E-state index contributed by atoms with van der Waals surface area (Å²) >= 11 is 0. The van der Waals surface area contributed by atoms with Crippen molar-refractivity contribution in [2.24, 2.45) is 17.3 Å². The molecule has 0 N–H and O–H groups in total. The summed E-state index contributed by atoms with van der Waals surface area (Å²) < 4.78 is 0. The van der Waals surface area contributed by atoms with E-state index in [0.29, 0.717) is 10.8 Å². The Bertz CT molecular complexity index is 601. The van der Waals surface area contributed by atoms with Crippen molar-refractivity contribution >= 4 is 0 Å². The summed E-state index contributed by atoms with van der Waals surface area (Å²) in [6.07, 6.45) is 13.4. The fourth-order valence-corrected chi connectivity index (χ4v) is 7.82. The Kier molecular flexibility index (Phi) is 3.43.